The quantitative estimate of drug-likeness (QED) is 0.779. The SMILES string of the molecule is CCOCC(=O)NCC1CC(O)CN1Cc1ccccc1. The Hall–Kier alpha value is -1.43. The molecule has 2 unspecified atom stereocenters. The first-order valence-corrected chi connectivity index (χ1v) is 7.49. The highest BCUT2D eigenvalue weighted by Gasteiger charge is 2.30. The van der Waals surface area contributed by atoms with Crippen LogP contribution in [0, 0.1) is 0 Å². The van der Waals surface area contributed by atoms with E-state index in [1.807, 2.05) is 25.1 Å². The van der Waals surface area contributed by atoms with E-state index >= 15 is 0 Å². The van der Waals surface area contributed by atoms with Gasteiger partial charge in [-0.05, 0) is 18.9 Å². The number of rotatable bonds is 7. The number of β-amino-alcohol motifs (C(OH)–C–C–N with tert-alkyl or cyclic N) is 1. The second kappa shape index (κ2) is 8.12. The van der Waals surface area contributed by atoms with Crippen molar-refractivity contribution in [2.24, 2.45) is 0 Å². The monoisotopic (exact) mass is 292 g/mol. The Morgan fingerprint density at radius 1 is 1.43 bits per heavy atom. The molecule has 21 heavy (non-hydrogen) atoms. The minimum absolute atomic E-state index is 0.0992. The fraction of sp³-hybridized carbons (Fsp3) is 0.562. The number of aliphatic hydroxyl groups excluding tert-OH is 1. The lowest BCUT2D eigenvalue weighted by Crippen LogP contribution is -2.41. The first-order chi connectivity index (χ1) is 10.2. The van der Waals surface area contributed by atoms with Gasteiger partial charge in [0, 0.05) is 32.3 Å². The van der Waals surface area contributed by atoms with E-state index in [4.69, 9.17) is 4.74 Å². The number of amides is 1. The number of carbonyl (C=O) groups excluding carboxylic acids is 1. The Morgan fingerprint density at radius 3 is 2.90 bits per heavy atom. The highest BCUT2D eigenvalue weighted by Crippen LogP contribution is 2.20. The first kappa shape index (κ1) is 15.9. The van der Waals surface area contributed by atoms with Crippen molar-refractivity contribution in [1.29, 1.82) is 0 Å². The maximum absolute atomic E-state index is 11.6. The van der Waals surface area contributed by atoms with Crippen molar-refractivity contribution in [3.63, 3.8) is 0 Å². The molecule has 1 aromatic rings. The lowest BCUT2D eigenvalue weighted by molar-refractivity contribution is -0.125. The number of nitrogens with one attached hydrogen (secondary N) is 1. The second-order valence-electron chi connectivity index (χ2n) is 5.40. The molecule has 0 aliphatic carbocycles. The van der Waals surface area contributed by atoms with Crippen LogP contribution >= 0.6 is 0 Å². The third kappa shape index (κ3) is 5.12. The minimum Gasteiger partial charge on any atom is -0.392 e. The van der Waals surface area contributed by atoms with Crippen molar-refractivity contribution in [2.75, 3.05) is 26.3 Å². The standard InChI is InChI=1S/C16H24N2O3/c1-2-21-12-16(20)17-9-14-8-15(19)11-18(14)10-13-6-4-3-5-7-13/h3-7,14-15,19H,2,8-12H2,1H3,(H,17,20). The van der Waals surface area contributed by atoms with Crippen molar-refractivity contribution in [1.82, 2.24) is 10.2 Å². The Morgan fingerprint density at radius 2 is 2.19 bits per heavy atom. The van der Waals surface area contributed by atoms with Crippen molar-refractivity contribution >= 4 is 5.91 Å². The first-order valence-electron chi connectivity index (χ1n) is 7.49. The summed E-state index contributed by atoms with van der Waals surface area (Å²) in [6.07, 6.45) is 0.379. The molecule has 1 fully saturated rings. The molecule has 116 valence electrons. The average Bonchev–Trinajstić information content (AvgIpc) is 2.83. The minimum atomic E-state index is -0.317. The molecule has 0 bridgehead atoms. The van der Waals surface area contributed by atoms with Gasteiger partial charge in [-0.3, -0.25) is 9.69 Å². The summed E-state index contributed by atoms with van der Waals surface area (Å²) in [5.41, 5.74) is 1.22. The topological polar surface area (TPSA) is 61.8 Å². The van der Waals surface area contributed by atoms with Crippen LogP contribution in [0.1, 0.15) is 18.9 Å². The Bertz CT molecular complexity index is 438. The van der Waals surface area contributed by atoms with E-state index in [0.29, 0.717) is 26.1 Å². The molecule has 1 aliphatic rings. The van der Waals surface area contributed by atoms with Crippen LogP contribution in [0.5, 0.6) is 0 Å². The van der Waals surface area contributed by atoms with E-state index in [1.165, 1.54) is 5.56 Å². The molecule has 0 saturated carbocycles. The molecule has 1 aromatic carbocycles. The zero-order valence-corrected chi connectivity index (χ0v) is 12.5. The van der Waals surface area contributed by atoms with E-state index in [1.54, 1.807) is 0 Å². The van der Waals surface area contributed by atoms with Crippen LogP contribution in [0.15, 0.2) is 30.3 Å². The molecule has 1 heterocycles. The predicted molar refractivity (Wildman–Crippen MR) is 80.8 cm³/mol. The molecule has 1 amide bonds. The van der Waals surface area contributed by atoms with Gasteiger partial charge in [0.1, 0.15) is 6.61 Å². The lowest BCUT2D eigenvalue weighted by atomic mass is 10.1. The summed E-state index contributed by atoms with van der Waals surface area (Å²) >= 11 is 0. The average molecular weight is 292 g/mol. The summed E-state index contributed by atoms with van der Waals surface area (Å²) in [4.78, 5) is 13.8. The molecule has 0 spiro atoms. The molecule has 1 aliphatic heterocycles. The van der Waals surface area contributed by atoms with E-state index in [2.05, 4.69) is 22.3 Å². The van der Waals surface area contributed by atoms with Gasteiger partial charge in [-0.25, -0.2) is 0 Å². The molecule has 2 rings (SSSR count). The maximum atomic E-state index is 11.6. The Kier molecular flexibility index (Phi) is 6.17. The lowest BCUT2D eigenvalue weighted by Gasteiger charge is -2.24. The number of aliphatic hydroxyl groups is 1. The van der Waals surface area contributed by atoms with Gasteiger partial charge < -0.3 is 15.2 Å². The summed E-state index contributed by atoms with van der Waals surface area (Å²) < 4.78 is 5.08. The van der Waals surface area contributed by atoms with Crippen LogP contribution in [0.3, 0.4) is 0 Å². The molecule has 5 heteroatoms. The third-order valence-electron chi connectivity index (χ3n) is 3.71. The van der Waals surface area contributed by atoms with E-state index in [-0.39, 0.29) is 24.7 Å². The number of nitrogens with zero attached hydrogens (tertiary/aromatic N) is 1. The Labute approximate surface area is 125 Å². The van der Waals surface area contributed by atoms with Gasteiger partial charge in [-0.15, -0.1) is 0 Å². The van der Waals surface area contributed by atoms with E-state index in [9.17, 15) is 9.90 Å². The summed E-state index contributed by atoms with van der Waals surface area (Å²) in [5, 5.41) is 12.8. The number of hydrogen-bond donors (Lipinski definition) is 2. The molecule has 2 atom stereocenters. The van der Waals surface area contributed by atoms with Crippen LogP contribution in [-0.4, -0.2) is 54.4 Å². The highest BCUT2D eigenvalue weighted by molar-refractivity contribution is 5.77. The van der Waals surface area contributed by atoms with Gasteiger partial charge in [0.05, 0.1) is 6.10 Å². The smallest absolute Gasteiger partial charge is 0.246 e. The third-order valence-corrected chi connectivity index (χ3v) is 3.71. The summed E-state index contributed by atoms with van der Waals surface area (Å²) in [6, 6.07) is 10.4. The molecular weight excluding hydrogens is 268 g/mol. The summed E-state index contributed by atoms with van der Waals surface area (Å²) in [5.74, 6) is -0.0992. The summed E-state index contributed by atoms with van der Waals surface area (Å²) in [7, 11) is 0. The molecule has 2 N–H and O–H groups in total. The van der Waals surface area contributed by atoms with Crippen molar-refractivity contribution in [2.45, 2.75) is 32.0 Å². The molecule has 5 nitrogen and oxygen atoms in total. The van der Waals surface area contributed by atoms with Crippen LogP contribution in [0.2, 0.25) is 0 Å². The van der Waals surface area contributed by atoms with Crippen LogP contribution in [0.25, 0.3) is 0 Å². The summed E-state index contributed by atoms with van der Waals surface area (Å²) in [6.45, 7) is 4.50. The molecular formula is C16H24N2O3. The second-order valence-corrected chi connectivity index (χ2v) is 5.40. The van der Waals surface area contributed by atoms with Gasteiger partial charge in [-0.2, -0.15) is 0 Å². The van der Waals surface area contributed by atoms with Gasteiger partial charge in [0.2, 0.25) is 5.91 Å². The van der Waals surface area contributed by atoms with E-state index < -0.39 is 0 Å². The predicted octanol–water partition coefficient (Wildman–Crippen LogP) is 0.774. The van der Waals surface area contributed by atoms with Crippen molar-refractivity contribution in [3.8, 4) is 0 Å². The van der Waals surface area contributed by atoms with Gasteiger partial charge in [-0.1, -0.05) is 30.3 Å². The fourth-order valence-electron chi connectivity index (χ4n) is 2.66. The number of carbonyl (C=O) groups is 1. The van der Waals surface area contributed by atoms with Gasteiger partial charge >= 0.3 is 0 Å². The molecule has 0 aromatic heterocycles. The van der Waals surface area contributed by atoms with Crippen molar-refractivity contribution in [3.05, 3.63) is 35.9 Å². The fourth-order valence-corrected chi connectivity index (χ4v) is 2.66. The molecule has 0 radical (unpaired) electrons. The molecule has 1 saturated heterocycles. The largest absolute Gasteiger partial charge is 0.392 e. The Balaban J connectivity index is 1.84. The van der Waals surface area contributed by atoms with Crippen LogP contribution < -0.4 is 5.32 Å². The van der Waals surface area contributed by atoms with E-state index in [0.717, 1.165) is 6.54 Å². The number of likely N-dealkylation sites (tertiary alicyclic amines) is 1. The zero-order chi connectivity index (χ0) is 15.1. The zero-order valence-electron chi connectivity index (χ0n) is 12.5. The normalized spacial score (nSPS) is 22.4. The van der Waals surface area contributed by atoms with Crippen molar-refractivity contribution < 1.29 is 14.6 Å². The maximum Gasteiger partial charge on any atom is 0.246 e. The van der Waals surface area contributed by atoms with Gasteiger partial charge in [0.15, 0.2) is 0 Å². The number of hydrogen-bond acceptors (Lipinski definition) is 4. The van der Waals surface area contributed by atoms with Gasteiger partial charge in [0.25, 0.3) is 0 Å². The van der Waals surface area contributed by atoms with Crippen LogP contribution in [-0.2, 0) is 16.1 Å². The van der Waals surface area contributed by atoms with Crippen LogP contribution in [0.4, 0.5) is 0 Å². The number of ether oxygens (including phenoxy) is 1. The number of benzene rings is 1. The highest BCUT2D eigenvalue weighted by atomic mass is 16.5.